The quantitative estimate of drug-likeness (QED) is 0.489. The fourth-order valence-electron chi connectivity index (χ4n) is 3.34. The Hall–Kier alpha value is -2.78. The number of halogens is 2. The number of pyridine rings is 1. The van der Waals surface area contributed by atoms with Gasteiger partial charge in [0.15, 0.2) is 5.13 Å². The van der Waals surface area contributed by atoms with Crippen molar-refractivity contribution in [3.63, 3.8) is 0 Å². The van der Waals surface area contributed by atoms with E-state index < -0.39 is 5.82 Å². The molecule has 0 unspecified atom stereocenters. The zero-order valence-corrected chi connectivity index (χ0v) is 16.9. The summed E-state index contributed by atoms with van der Waals surface area (Å²) in [5.74, 6) is -0.0357. The summed E-state index contributed by atoms with van der Waals surface area (Å²) in [4.78, 5) is 19.5. The van der Waals surface area contributed by atoms with E-state index in [-0.39, 0.29) is 22.1 Å². The van der Waals surface area contributed by atoms with Crippen molar-refractivity contribution in [3.8, 4) is 5.00 Å². The Kier molecular flexibility index (Phi) is 4.36. The van der Waals surface area contributed by atoms with Gasteiger partial charge in [0.1, 0.15) is 10.8 Å². The summed E-state index contributed by atoms with van der Waals surface area (Å²) >= 11 is 7.38. The number of hydrogen-bond donors (Lipinski definition) is 2. The van der Waals surface area contributed by atoms with Crippen molar-refractivity contribution in [2.75, 3.05) is 5.32 Å². The molecule has 3 heterocycles. The SMILES string of the molecule is C[C@H](Nc1ncc(-n2nncc2C2CC2)s1)c1cc2cc(Cl)cc(F)c2[nH]c1=O. The molecule has 7 nitrogen and oxygen atoms in total. The molecule has 2 N–H and O–H groups in total. The third kappa shape index (κ3) is 3.40. The summed E-state index contributed by atoms with van der Waals surface area (Å²) in [6, 6.07) is 4.11. The van der Waals surface area contributed by atoms with E-state index in [1.54, 1.807) is 24.5 Å². The minimum atomic E-state index is -0.555. The monoisotopic (exact) mass is 430 g/mol. The lowest BCUT2D eigenvalue weighted by Crippen LogP contribution is -2.19. The molecule has 1 fully saturated rings. The second-order valence-corrected chi connectivity index (χ2v) is 8.57. The number of rotatable bonds is 5. The minimum Gasteiger partial charge on any atom is -0.355 e. The Morgan fingerprint density at radius 1 is 1.34 bits per heavy atom. The molecule has 4 aromatic rings. The first-order chi connectivity index (χ1) is 14.0. The summed E-state index contributed by atoms with van der Waals surface area (Å²) in [7, 11) is 0. The summed E-state index contributed by atoms with van der Waals surface area (Å²) in [5, 5.41) is 13.8. The van der Waals surface area contributed by atoms with Crippen LogP contribution in [0.25, 0.3) is 15.9 Å². The number of aromatic amines is 1. The van der Waals surface area contributed by atoms with Crippen molar-refractivity contribution in [1.82, 2.24) is 25.0 Å². The second kappa shape index (κ2) is 6.93. The fraction of sp³-hybridized carbons (Fsp3) is 0.263. The standard InChI is InChI=1S/C19H16ClFN6OS/c1-9(13-5-11-4-12(20)6-14(21)17(11)25-18(13)28)24-19-22-8-16(29-19)27-15(7-23-26-27)10-2-3-10/h4-10H,2-3H2,1H3,(H,22,24)(H,25,28)/t9-/m0/s1. The first-order valence-corrected chi connectivity index (χ1v) is 10.3. The summed E-state index contributed by atoms with van der Waals surface area (Å²) in [6.07, 6.45) is 5.85. The molecule has 1 aliphatic carbocycles. The van der Waals surface area contributed by atoms with Crippen LogP contribution in [0.2, 0.25) is 5.02 Å². The van der Waals surface area contributed by atoms with E-state index in [9.17, 15) is 9.18 Å². The maximum atomic E-state index is 14.0. The lowest BCUT2D eigenvalue weighted by molar-refractivity contribution is 0.636. The number of H-pyrrole nitrogens is 1. The van der Waals surface area contributed by atoms with Crippen LogP contribution in [0.3, 0.4) is 0 Å². The lowest BCUT2D eigenvalue weighted by atomic mass is 10.1. The molecule has 10 heteroatoms. The average molecular weight is 431 g/mol. The Morgan fingerprint density at radius 3 is 2.97 bits per heavy atom. The van der Waals surface area contributed by atoms with E-state index in [0.29, 0.717) is 22.0 Å². The lowest BCUT2D eigenvalue weighted by Gasteiger charge is -2.13. The smallest absolute Gasteiger partial charge is 0.253 e. The van der Waals surface area contributed by atoms with Crippen molar-refractivity contribution in [2.24, 2.45) is 0 Å². The highest BCUT2D eigenvalue weighted by Crippen LogP contribution is 2.41. The molecule has 3 aromatic heterocycles. The van der Waals surface area contributed by atoms with Crippen LogP contribution in [0, 0.1) is 5.82 Å². The van der Waals surface area contributed by atoms with Gasteiger partial charge in [-0.25, -0.2) is 14.1 Å². The highest BCUT2D eigenvalue weighted by Gasteiger charge is 2.28. The predicted molar refractivity (Wildman–Crippen MR) is 111 cm³/mol. The number of aromatic nitrogens is 5. The molecule has 1 atom stereocenters. The van der Waals surface area contributed by atoms with Crippen molar-refractivity contribution in [1.29, 1.82) is 0 Å². The normalized spacial score (nSPS) is 15.0. The number of nitrogens with one attached hydrogen (secondary N) is 2. The first-order valence-electron chi connectivity index (χ1n) is 9.15. The van der Waals surface area contributed by atoms with Crippen LogP contribution in [-0.2, 0) is 0 Å². The molecule has 0 aliphatic heterocycles. The van der Waals surface area contributed by atoms with Crippen LogP contribution < -0.4 is 10.9 Å². The number of anilines is 1. The number of benzene rings is 1. The topological polar surface area (TPSA) is 88.5 Å². The third-order valence-electron chi connectivity index (χ3n) is 4.98. The van der Waals surface area contributed by atoms with E-state index in [1.165, 1.54) is 17.4 Å². The summed E-state index contributed by atoms with van der Waals surface area (Å²) in [5.41, 5.74) is 1.35. The molecular formula is C19H16ClFN6OS. The predicted octanol–water partition coefficient (Wildman–Crippen LogP) is 4.41. The molecule has 1 saturated carbocycles. The summed E-state index contributed by atoms with van der Waals surface area (Å²) in [6.45, 7) is 1.85. The molecule has 0 radical (unpaired) electrons. The van der Waals surface area contributed by atoms with Gasteiger partial charge in [0.05, 0.1) is 29.6 Å². The third-order valence-corrected chi connectivity index (χ3v) is 6.10. The van der Waals surface area contributed by atoms with Gasteiger partial charge in [-0.05, 0) is 38.0 Å². The first kappa shape index (κ1) is 18.3. The molecule has 0 spiro atoms. The fourth-order valence-corrected chi connectivity index (χ4v) is 4.43. The maximum Gasteiger partial charge on any atom is 0.253 e. The van der Waals surface area contributed by atoms with Crippen LogP contribution in [0.15, 0.2) is 35.4 Å². The van der Waals surface area contributed by atoms with Crippen LogP contribution in [0.5, 0.6) is 0 Å². The molecule has 29 heavy (non-hydrogen) atoms. The van der Waals surface area contributed by atoms with Gasteiger partial charge in [0.25, 0.3) is 5.56 Å². The molecule has 148 valence electrons. The van der Waals surface area contributed by atoms with E-state index >= 15 is 0 Å². The number of fused-ring (bicyclic) bond motifs is 1. The van der Waals surface area contributed by atoms with Gasteiger partial charge in [0.2, 0.25) is 0 Å². The number of thiazole rings is 1. The van der Waals surface area contributed by atoms with Crippen molar-refractivity contribution in [3.05, 3.63) is 63.0 Å². The van der Waals surface area contributed by atoms with Crippen molar-refractivity contribution >= 4 is 39.0 Å². The molecule has 1 aliphatic rings. The van der Waals surface area contributed by atoms with Crippen molar-refractivity contribution in [2.45, 2.75) is 31.7 Å². The molecule has 0 amide bonds. The van der Waals surface area contributed by atoms with E-state index in [4.69, 9.17) is 11.6 Å². The number of hydrogen-bond acceptors (Lipinski definition) is 6. The van der Waals surface area contributed by atoms with Gasteiger partial charge in [-0.3, -0.25) is 4.79 Å². The maximum absolute atomic E-state index is 14.0. The molecule has 5 rings (SSSR count). The molecule has 0 saturated heterocycles. The van der Waals surface area contributed by atoms with Gasteiger partial charge in [-0.2, -0.15) is 0 Å². The molecule has 0 bridgehead atoms. The van der Waals surface area contributed by atoms with E-state index in [2.05, 4.69) is 25.6 Å². The zero-order valence-electron chi connectivity index (χ0n) is 15.3. The van der Waals surface area contributed by atoms with Gasteiger partial charge in [-0.15, -0.1) is 5.10 Å². The summed E-state index contributed by atoms with van der Waals surface area (Å²) < 4.78 is 15.9. The van der Waals surface area contributed by atoms with Gasteiger partial charge in [0, 0.05) is 21.9 Å². The minimum absolute atomic E-state index is 0.144. The largest absolute Gasteiger partial charge is 0.355 e. The molecule has 1 aromatic carbocycles. The van der Waals surface area contributed by atoms with Crippen LogP contribution in [0.1, 0.15) is 43.0 Å². The van der Waals surface area contributed by atoms with Crippen LogP contribution >= 0.6 is 22.9 Å². The molecular weight excluding hydrogens is 415 g/mol. The van der Waals surface area contributed by atoms with E-state index in [0.717, 1.165) is 23.5 Å². The number of nitrogens with zero attached hydrogens (tertiary/aromatic N) is 4. The van der Waals surface area contributed by atoms with Crippen LogP contribution in [0.4, 0.5) is 9.52 Å². The van der Waals surface area contributed by atoms with Gasteiger partial charge < -0.3 is 10.3 Å². The van der Waals surface area contributed by atoms with Gasteiger partial charge >= 0.3 is 0 Å². The second-order valence-electron chi connectivity index (χ2n) is 7.12. The zero-order chi connectivity index (χ0) is 20.1. The van der Waals surface area contributed by atoms with Crippen LogP contribution in [-0.4, -0.2) is 25.0 Å². The average Bonchev–Trinajstić information content (AvgIpc) is 3.22. The highest BCUT2D eigenvalue weighted by molar-refractivity contribution is 7.17. The van der Waals surface area contributed by atoms with Crippen molar-refractivity contribution < 1.29 is 4.39 Å². The highest BCUT2D eigenvalue weighted by atomic mass is 35.5. The Bertz CT molecular complexity index is 1280. The Morgan fingerprint density at radius 2 is 2.17 bits per heavy atom. The van der Waals surface area contributed by atoms with E-state index in [1.807, 2.05) is 11.6 Å². The van der Waals surface area contributed by atoms with Gasteiger partial charge in [-0.1, -0.05) is 28.2 Å². The Balaban J connectivity index is 1.43. The Labute approximate surface area is 173 Å².